The molecule has 0 aliphatic carbocycles. The predicted molar refractivity (Wildman–Crippen MR) is 76.6 cm³/mol. The molecule has 0 saturated carbocycles. The van der Waals surface area contributed by atoms with Gasteiger partial charge in [-0.25, -0.2) is 0 Å². The van der Waals surface area contributed by atoms with Gasteiger partial charge in [0, 0.05) is 17.6 Å². The van der Waals surface area contributed by atoms with Crippen molar-refractivity contribution >= 4 is 33.4 Å². The van der Waals surface area contributed by atoms with E-state index >= 15 is 0 Å². The summed E-state index contributed by atoms with van der Waals surface area (Å²) >= 11 is 9.39. The number of ether oxygens (including phenoxy) is 2. The van der Waals surface area contributed by atoms with Crippen LogP contribution in [-0.4, -0.2) is 43.2 Å². The van der Waals surface area contributed by atoms with Crippen molar-refractivity contribution in [2.45, 2.75) is 13.0 Å². The Bertz CT molecular complexity index is 463. The summed E-state index contributed by atoms with van der Waals surface area (Å²) in [7, 11) is 0. The molecule has 1 fully saturated rings. The van der Waals surface area contributed by atoms with Crippen molar-refractivity contribution < 1.29 is 14.3 Å². The van der Waals surface area contributed by atoms with Gasteiger partial charge in [0.05, 0.1) is 18.2 Å². The maximum atomic E-state index is 12.2. The Morgan fingerprint density at radius 3 is 2.79 bits per heavy atom. The van der Waals surface area contributed by atoms with Crippen LogP contribution in [0.1, 0.15) is 6.92 Å². The van der Waals surface area contributed by atoms with Gasteiger partial charge < -0.3 is 14.4 Å². The Morgan fingerprint density at radius 1 is 1.47 bits per heavy atom. The van der Waals surface area contributed by atoms with Crippen LogP contribution in [0.5, 0.6) is 5.75 Å². The van der Waals surface area contributed by atoms with Crippen molar-refractivity contribution in [3.8, 4) is 5.75 Å². The first-order valence-electron chi connectivity index (χ1n) is 6.06. The predicted octanol–water partition coefficient (Wildman–Crippen LogP) is 2.73. The molecule has 1 aliphatic heterocycles. The molecule has 0 unspecified atom stereocenters. The lowest BCUT2D eigenvalue weighted by atomic mass is 10.3. The van der Waals surface area contributed by atoms with Gasteiger partial charge in [-0.1, -0.05) is 27.5 Å². The second-order valence-electron chi connectivity index (χ2n) is 4.27. The summed E-state index contributed by atoms with van der Waals surface area (Å²) < 4.78 is 11.7. The van der Waals surface area contributed by atoms with E-state index in [2.05, 4.69) is 15.9 Å². The second kappa shape index (κ2) is 6.59. The number of benzene rings is 1. The average molecular weight is 349 g/mol. The van der Waals surface area contributed by atoms with Gasteiger partial charge >= 0.3 is 0 Å². The maximum absolute atomic E-state index is 12.2. The number of hydrogen-bond acceptors (Lipinski definition) is 3. The Kier molecular flexibility index (Phi) is 5.07. The van der Waals surface area contributed by atoms with E-state index in [0.29, 0.717) is 37.1 Å². The van der Waals surface area contributed by atoms with Crippen molar-refractivity contribution in [2.75, 3.05) is 26.3 Å². The molecule has 1 aromatic carbocycles. The third kappa shape index (κ3) is 3.84. The molecule has 1 aromatic rings. The summed E-state index contributed by atoms with van der Waals surface area (Å²) in [6, 6.07) is 5.31. The lowest BCUT2D eigenvalue weighted by Crippen LogP contribution is -2.46. The Balaban J connectivity index is 1.99. The number of carbonyl (C=O) groups excluding carboxylic acids is 1. The molecule has 1 aliphatic rings. The minimum Gasteiger partial charge on any atom is -0.479 e. The van der Waals surface area contributed by atoms with Crippen LogP contribution in [0, 0.1) is 0 Å². The molecule has 1 atom stereocenters. The van der Waals surface area contributed by atoms with Gasteiger partial charge in [-0.2, -0.15) is 0 Å². The van der Waals surface area contributed by atoms with Crippen LogP contribution in [0.2, 0.25) is 5.02 Å². The quantitative estimate of drug-likeness (QED) is 0.843. The smallest absolute Gasteiger partial charge is 0.263 e. The van der Waals surface area contributed by atoms with Gasteiger partial charge in [-0.3, -0.25) is 4.79 Å². The molecule has 19 heavy (non-hydrogen) atoms. The highest BCUT2D eigenvalue weighted by Crippen LogP contribution is 2.28. The zero-order valence-electron chi connectivity index (χ0n) is 10.6. The molecule has 0 spiro atoms. The minimum atomic E-state index is -0.559. The average Bonchev–Trinajstić information content (AvgIpc) is 2.42. The van der Waals surface area contributed by atoms with Gasteiger partial charge in [0.1, 0.15) is 5.75 Å². The number of nitrogens with zero attached hydrogens (tertiary/aromatic N) is 1. The van der Waals surface area contributed by atoms with Crippen molar-refractivity contribution in [3.05, 3.63) is 27.7 Å². The van der Waals surface area contributed by atoms with Crippen LogP contribution in [0.3, 0.4) is 0 Å². The molecule has 1 heterocycles. The van der Waals surface area contributed by atoms with Crippen molar-refractivity contribution in [1.29, 1.82) is 0 Å². The maximum Gasteiger partial charge on any atom is 0.263 e. The topological polar surface area (TPSA) is 38.8 Å². The Morgan fingerprint density at radius 2 is 2.16 bits per heavy atom. The van der Waals surface area contributed by atoms with Crippen molar-refractivity contribution in [2.24, 2.45) is 0 Å². The Labute approximate surface area is 125 Å². The van der Waals surface area contributed by atoms with Gasteiger partial charge in [0.15, 0.2) is 6.10 Å². The van der Waals surface area contributed by atoms with E-state index in [0.717, 1.165) is 4.47 Å². The zero-order chi connectivity index (χ0) is 13.8. The highest BCUT2D eigenvalue weighted by atomic mass is 79.9. The number of morpholine rings is 1. The Hall–Kier alpha value is -0.780. The van der Waals surface area contributed by atoms with Gasteiger partial charge in [0.25, 0.3) is 5.91 Å². The van der Waals surface area contributed by atoms with Gasteiger partial charge in [-0.05, 0) is 25.1 Å². The summed E-state index contributed by atoms with van der Waals surface area (Å²) in [5.74, 6) is 0.473. The van der Waals surface area contributed by atoms with E-state index < -0.39 is 6.10 Å². The zero-order valence-corrected chi connectivity index (χ0v) is 12.9. The van der Waals surface area contributed by atoms with Crippen LogP contribution < -0.4 is 4.74 Å². The normalized spacial score (nSPS) is 17.1. The first kappa shape index (κ1) is 14.6. The van der Waals surface area contributed by atoms with Crippen LogP contribution in [-0.2, 0) is 9.53 Å². The highest BCUT2D eigenvalue weighted by Gasteiger charge is 2.24. The van der Waals surface area contributed by atoms with Crippen LogP contribution in [0.15, 0.2) is 22.7 Å². The van der Waals surface area contributed by atoms with E-state index in [1.165, 1.54) is 0 Å². The summed E-state index contributed by atoms with van der Waals surface area (Å²) in [4.78, 5) is 13.9. The first-order valence-corrected chi connectivity index (χ1v) is 7.23. The number of halogens is 2. The molecule has 2 rings (SSSR count). The van der Waals surface area contributed by atoms with Crippen LogP contribution >= 0.6 is 27.5 Å². The SMILES string of the molecule is C[C@H](Oc1ccc(Br)cc1Cl)C(=O)N1CCOCC1. The standard InChI is InChI=1S/C13H15BrClNO3/c1-9(13(17)16-4-6-18-7-5-16)19-12-3-2-10(14)8-11(12)15/h2-3,8-9H,4-7H2,1H3/t9-/m0/s1. The molecule has 0 N–H and O–H groups in total. The molecule has 0 aromatic heterocycles. The third-order valence-corrected chi connectivity index (χ3v) is 3.66. The van der Waals surface area contributed by atoms with Crippen LogP contribution in [0.4, 0.5) is 0 Å². The molecular formula is C13H15BrClNO3. The van der Waals surface area contributed by atoms with E-state index in [9.17, 15) is 4.79 Å². The van der Waals surface area contributed by atoms with E-state index in [1.807, 2.05) is 6.07 Å². The molecule has 4 nitrogen and oxygen atoms in total. The van der Waals surface area contributed by atoms with Gasteiger partial charge in [0.2, 0.25) is 0 Å². The fraction of sp³-hybridized carbons (Fsp3) is 0.462. The fourth-order valence-corrected chi connectivity index (χ4v) is 2.57. The lowest BCUT2D eigenvalue weighted by Gasteiger charge is -2.29. The first-order chi connectivity index (χ1) is 9.08. The summed E-state index contributed by atoms with van der Waals surface area (Å²) in [6.07, 6.45) is -0.559. The fourth-order valence-electron chi connectivity index (χ4n) is 1.85. The second-order valence-corrected chi connectivity index (χ2v) is 5.60. The molecule has 1 amide bonds. The largest absolute Gasteiger partial charge is 0.479 e. The van der Waals surface area contributed by atoms with Crippen molar-refractivity contribution in [1.82, 2.24) is 4.90 Å². The number of rotatable bonds is 3. The molecule has 6 heteroatoms. The number of hydrogen-bond donors (Lipinski definition) is 0. The van der Waals surface area contributed by atoms with Crippen LogP contribution in [0.25, 0.3) is 0 Å². The van der Waals surface area contributed by atoms with Crippen molar-refractivity contribution in [3.63, 3.8) is 0 Å². The highest BCUT2D eigenvalue weighted by molar-refractivity contribution is 9.10. The van der Waals surface area contributed by atoms with E-state index in [1.54, 1.807) is 24.0 Å². The number of amides is 1. The number of carbonyl (C=O) groups is 1. The van der Waals surface area contributed by atoms with E-state index in [4.69, 9.17) is 21.1 Å². The molecule has 0 radical (unpaired) electrons. The minimum absolute atomic E-state index is 0.0396. The third-order valence-electron chi connectivity index (χ3n) is 2.87. The van der Waals surface area contributed by atoms with E-state index in [-0.39, 0.29) is 5.91 Å². The molecular weight excluding hydrogens is 334 g/mol. The molecule has 104 valence electrons. The summed E-state index contributed by atoms with van der Waals surface area (Å²) in [5, 5.41) is 0.482. The molecule has 0 bridgehead atoms. The lowest BCUT2D eigenvalue weighted by molar-refractivity contribution is -0.142. The summed E-state index contributed by atoms with van der Waals surface area (Å²) in [6.45, 7) is 4.12. The molecule has 1 saturated heterocycles. The summed E-state index contributed by atoms with van der Waals surface area (Å²) in [5.41, 5.74) is 0. The van der Waals surface area contributed by atoms with Gasteiger partial charge in [-0.15, -0.1) is 0 Å². The monoisotopic (exact) mass is 347 g/mol.